The van der Waals surface area contributed by atoms with E-state index in [0.717, 1.165) is 6.04 Å². The van der Waals surface area contributed by atoms with E-state index in [1.165, 1.54) is 64.5 Å². The third-order valence-corrected chi connectivity index (χ3v) is 3.49. The van der Waals surface area contributed by atoms with Gasteiger partial charge in [0.1, 0.15) is 0 Å². The minimum Gasteiger partial charge on any atom is -0.301 e. The van der Waals surface area contributed by atoms with Crippen LogP contribution in [0.4, 0.5) is 0 Å². The zero-order valence-electron chi connectivity index (χ0n) is 10.1. The summed E-state index contributed by atoms with van der Waals surface area (Å²) < 4.78 is 0. The van der Waals surface area contributed by atoms with Crippen molar-refractivity contribution in [3.05, 3.63) is 0 Å². The fourth-order valence-corrected chi connectivity index (χ4v) is 2.42. The lowest BCUT2D eigenvalue weighted by atomic mass is 10.1. The van der Waals surface area contributed by atoms with Gasteiger partial charge in [0.15, 0.2) is 0 Å². The number of rotatable bonds is 7. The fourth-order valence-electron chi connectivity index (χ4n) is 2.42. The standard InChI is InChI=1S/C13H27N/c1-3-4-5-6-7-8-11-14-12-9-10-13(14)2/h13H,3-12H2,1-2H3. The van der Waals surface area contributed by atoms with Crippen LogP contribution in [0.1, 0.15) is 65.2 Å². The topological polar surface area (TPSA) is 3.24 Å². The molecule has 1 heteroatoms. The number of likely N-dealkylation sites (tertiary alicyclic amines) is 1. The van der Waals surface area contributed by atoms with E-state index >= 15 is 0 Å². The summed E-state index contributed by atoms with van der Waals surface area (Å²) in [7, 11) is 0. The molecule has 1 atom stereocenters. The van der Waals surface area contributed by atoms with Crippen LogP contribution in [0.25, 0.3) is 0 Å². The molecule has 1 nitrogen and oxygen atoms in total. The number of hydrogen-bond donors (Lipinski definition) is 0. The smallest absolute Gasteiger partial charge is 0.00674 e. The number of nitrogens with zero attached hydrogens (tertiary/aromatic N) is 1. The van der Waals surface area contributed by atoms with Crippen LogP contribution in [-0.2, 0) is 0 Å². The third-order valence-electron chi connectivity index (χ3n) is 3.49. The first-order valence-corrected chi connectivity index (χ1v) is 6.58. The lowest BCUT2D eigenvalue weighted by Gasteiger charge is -2.20. The van der Waals surface area contributed by atoms with Crippen LogP contribution < -0.4 is 0 Å². The zero-order valence-corrected chi connectivity index (χ0v) is 10.1. The van der Waals surface area contributed by atoms with Gasteiger partial charge in [0.25, 0.3) is 0 Å². The van der Waals surface area contributed by atoms with Crippen LogP contribution in [-0.4, -0.2) is 24.0 Å². The highest BCUT2D eigenvalue weighted by molar-refractivity contribution is 4.74. The van der Waals surface area contributed by atoms with Gasteiger partial charge in [-0.25, -0.2) is 0 Å². The summed E-state index contributed by atoms with van der Waals surface area (Å²) in [6, 6.07) is 0.866. The van der Waals surface area contributed by atoms with E-state index in [2.05, 4.69) is 18.7 Å². The van der Waals surface area contributed by atoms with Crippen LogP contribution in [0.5, 0.6) is 0 Å². The van der Waals surface area contributed by atoms with E-state index in [4.69, 9.17) is 0 Å². The van der Waals surface area contributed by atoms with Gasteiger partial charge in [-0.1, -0.05) is 39.0 Å². The van der Waals surface area contributed by atoms with Crippen molar-refractivity contribution in [2.45, 2.75) is 71.3 Å². The molecule has 0 spiro atoms. The monoisotopic (exact) mass is 197 g/mol. The molecule has 84 valence electrons. The Morgan fingerprint density at radius 2 is 1.79 bits per heavy atom. The molecule has 0 aromatic heterocycles. The normalized spacial score (nSPS) is 23.1. The van der Waals surface area contributed by atoms with E-state index in [1.807, 2.05) is 0 Å². The summed E-state index contributed by atoms with van der Waals surface area (Å²) in [5.74, 6) is 0. The fraction of sp³-hybridized carbons (Fsp3) is 1.00. The van der Waals surface area contributed by atoms with Gasteiger partial charge in [0.05, 0.1) is 0 Å². The molecule has 0 aromatic carbocycles. The van der Waals surface area contributed by atoms with Crippen LogP contribution in [0.3, 0.4) is 0 Å². The van der Waals surface area contributed by atoms with E-state index in [9.17, 15) is 0 Å². The zero-order chi connectivity index (χ0) is 10.2. The lowest BCUT2D eigenvalue weighted by Crippen LogP contribution is -2.27. The molecule has 0 aliphatic carbocycles. The average molecular weight is 197 g/mol. The molecule has 14 heavy (non-hydrogen) atoms. The maximum Gasteiger partial charge on any atom is 0.00674 e. The highest BCUT2D eigenvalue weighted by Gasteiger charge is 2.18. The minimum absolute atomic E-state index is 0.866. The van der Waals surface area contributed by atoms with Crippen LogP contribution in [0, 0.1) is 0 Å². The first-order valence-electron chi connectivity index (χ1n) is 6.58. The Labute approximate surface area is 89.9 Å². The minimum atomic E-state index is 0.866. The maximum atomic E-state index is 2.67. The Kier molecular flexibility index (Phi) is 6.25. The van der Waals surface area contributed by atoms with E-state index in [-0.39, 0.29) is 0 Å². The van der Waals surface area contributed by atoms with Crippen molar-refractivity contribution in [2.75, 3.05) is 13.1 Å². The molecule has 1 saturated heterocycles. The number of hydrogen-bond acceptors (Lipinski definition) is 1. The second kappa shape index (κ2) is 7.28. The Morgan fingerprint density at radius 1 is 1.07 bits per heavy atom. The molecular formula is C13H27N. The van der Waals surface area contributed by atoms with Crippen molar-refractivity contribution in [2.24, 2.45) is 0 Å². The van der Waals surface area contributed by atoms with E-state index in [1.54, 1.807) is 0 Å². The van der Waals surface area contributed by atoms with Gasteiger partial charge in [-0.3, -0.25) is 0 Å². The predicted octanol–water partition coefficient (Wildman–Crippen LogP) is 3.83. The summed E-state index contributed by atoms with van der Waals surface area (Å²) in [4.78, 5) is 2.67. The molecular weight excluding hydrogens is 170 g/mol. The Balaban J connectivity index is 1.88. The van der Waals surface area contributed by atoms with Crippen molar-refractivity contribution in [3.63, 3.8) is 0 Å². The summed E-state index contributed by atoms with van der Waals surface area (Å²) >= 11 is 0. The van der Waals surface area contributed by atoms with Crippen LogP contribution in [0.2, 0.25) is 0 Å². The van der Waals surface area contributed by atoms with E-state index < -0.39 is 0 Å². The van der Waals surface area contributed by atoms with E-state index in [0.29, 0.717) is 0 Å². The average Bonchev–Trinajstić information content (AvgIpc) is 2.58. The molecule has 1 heterocycles. The second-order valence-electron chi connectivity index (χ2n) is 4.79. The summed E-state index contributed by atoms with van der Waals surface area (Å²) in [6.45, 7) is 7.37. The first kappa shape index (κ1) is 12.0. The largest absolute Gasteiger partial charge is 0.301 e. The molecule has 0 bridgehead atoms. The molecule has 1 aliphatic rings. The van der Waals surface area contributed by atoms with Gasteiger partial charge in [-0.15, -0.1) is 0 Å². The lowest BCUT2D eigenvalue weighted by molar-refractivity contribution is 0.262. The first-order chi connectivity index (χ1) is 6.84. The molecule has 1 rings (SSSR count). The highest BCUT2D eigenvalue weighted by Crippen LogP contribution is 2.17. The van der Waals surface area contributed by atoms with Gasteiger partial charge in [-0.2, -0.15) is 0 Å². The van der Waals surface area contributed by atoms with Gasteiger partial charge in [-0.05, 0) is 39.3 Å². The van der Waals surface area contributed by atoms with Crippen molar-refractivity contribution >= 4 is 0 Å². The number of unbranched alkanes of at least 4 members (excludes halogenated alkanes) is 5. The van der Waals surface area contributed by atoms with Crippen molar-refractivity contribution < 1.29 is 0 Å². The summed E-state index contributed by atoms with van der Waals surface area (Å²) in [5, 5.41) is 0. The van der Waals surface area contributed by atoms with Crippen molar-refractivity contribution in [1.29, 1.82) is 0 Å². The third kappa shape index (κ3) is 4.45. The highest BCUT2D eigenvalue weighted by atomic mass is 15.2. The van der Waals surface area contributed by atoms with Gasteiger partial charge >= 0.3 is 0 Å². The van der Waals surface area contributed by atoms with Crippen LogP contribution >= 0.6 is 0 Å². The second-order valence-corrected chi connectivity index (χ2v) is 4.79. The molecule has 0 aromatic rings. The molecule has 0 radical (unpaired) electrons. The van der Waals surface area contributed by atoms with Crippen molar-refractivity contribution in [3.8, 4) is 0 Å². The molecule has 1 fully saturated rings. The predicted molar refractivity (Wildman–Crippen MR) is 63.6 cm³/mol. The molecule has 1 unspecified atom stereocenters. The van der Waals surface area contributed by atoms with Crippen LogP contribution in [0.15, 0.2) is 0 Å². The molecule has 0 amide bonds. The Morgan fingerprint density at radius 3 is 2.43 bits per heavy atom. The molecule has 1 aliphatic heterocycles. The summed E-state index contributed by atoms with van der Waals surface area (Å²) in [6.07, 6.45) is 11.4. The Bertz CT molecular complexity index is 133. The molecule has 0 N–H and O–H groups in total. The van der Waals surface area contributed by atoms with Gasteiger partial charge < -0.3 is 4.90 Å². The Hall–Kier alpha value is -0.0400. The van der Waals surface area contributed by atoms with Gasteiger partial charge in [0.2, 0.25) is 0 Å². The van der Waals surface area contributed by atoms with Gasteiger partial charge in [0, 0.05) is 6.04 Å². The quantitative estimate of drug-likeness (QED) is 0.561. The summed E-state index contributed by atoms with van der Waals surface area (Å²) in [5.41, 5.74) is 0. The van der Waals surface area contributed by atoms with Crippen molar-refractivity contribution in [1.82, 2.24) is 4.90 Å². The molecule has 0 saturated carbocycles. The SMILES string of the molecule is CCCCCCCCN1CCCC1C. The maximum absolute atomic E-state index is 2.67.